The van der Waals surface area contributed by atoms with Crippen LogP contribution in [0.25, 0.3) is 0 Å². The van der Waals surface area contributed by atoms with Crippen LogP contribution in [0.1, 0.15) is 34.1 Å². The van der Waals surface area contributed by atoms with Gasteiger partial charge in [0, 0.05) is 18.3 Å². The molecule has 0 saturated carbocycles. The van der Waals surface area contributed by atoms with Crippen LogP contribution in [0.2, 0.25) is 0 Å². The third-order valence-electron chi connectivity index (χ3n) is 3.49. The molecule has 0 fully saturated rings. The number of carbonyl (C=O) groups is 1. The van der Waals surface area contributed by atoms with Crippen LogP contribution in [0.5, 0.6) is 5.75 Å². The first-order valence-corrected chi connectivity index (χ1v) is 7.71. The lowest BCUT2D eigenvalue weighted by molar-refractivity contribution is 0.0524. The highest BCUT2D eigenvalue weighted by Gasteiger charge is 2.12. The van der Waals surface area contributed by atoms with Crippen LogP contribution in [0, 0.1) is 6.92 Å². The van der Waals surface area contributed by atoms with Crippen LogP contribution in [0.4, 0.5) is 5.95 Å². The van der Waals surface area contributed by atoms with Crippen molar-refractivity contribution in [1.82, 2.24) is 9.97 Å². The van der Waals surface area contributed by atoms with E-state index in [1.165, 1.54) is 6.20 Å². The molecule has 128 valence electrons. The van der Waals surface area contributed by atoms with Crippen molar-refractivity contribution < 1.29 is 19.7 Å². The SMILES string of the molecule is CCOC(=O)c1cnc(NCCc2ccc(O)c(CO)c2)nc1C. The Hall–Kier alpha value is -2.67. The fourth-order valence-electron chi connectivity index (χ4n) is 2.20. The molecule has 0 spiro atoms. The minimum absolute atomic E-state index is 0.0859. The second-order valence-corrected chi connectivity index (χ2v) is 5.21. The van der Waals surface area contributed by atoms with Gasteiger partial charge in [-0.3, -0.25) is 0 Å². The molecular weight excluding hydrogens is 310 g/mol. The first-order chi connectivity index (χ1) is 11.5. The van der Waals surface area contributed by atoms with Gasteiger partial charge in [-0.2, -0.15) is 0 Å². The second-order valence-electron chi connectivity index (χ2n) is 5.21. The van der Waals surface area contributed by atoms with Crippen LogP contribution in [0.15, 0.2) is 24.4 Å². The Morgan fingerprint density at radius 3 is 2.83 bits per heavy atom. The van der Waals surface area contributed by atoms with E-state index in [2.05, 4.69) is 15.3 Å². The topological polar surface area (TPSA) is 105 Å². The molecule has 0 unspecified atom stereocenters. The molecule has 0 aliphatic heterocycles. The monoisotopic (exact) mass is 331 g/mol. The molecule has 0 bridgehead atoms. The summed E-state index contributed by atoms with van der Waals surface area (Å²) in [6.45, 7) is 4.15. The molecule has 0 saturated heterocycles. The van der Waals surface area contributed by atoms with Crippen molar-refractivity contribution >= 4 is 11.9 Å². The van der Waals surface area contributed by atoms with Crippen LogP contribution in [-0.2, 0) is 17.8 Å². The van der Waals surface area contributed by atoms with Gasteiger partial charge < -0.3 is 20.3 Å². The quantitative estimate of drug-likeness (QED) is 0.665. The average Bonchev–Trinajstić information content (AvgIpc) is 2.56. The van der Waals surface area contributed by atoms with Gasteiger partial charge in [-0.05, 0) is 38.0 Å². The Kier molecular flexibility index (Phi) is 6.08. The van der Waals surface area contributed by atoms with E-state index in [0.717, 1.165) is 5.56 Å². The number of rotatable bonds is 7. The fraction of sp³-hybridized carbons (Fsp3) is 0.353. The van der Waals surface area contributed by atoms with Gasteiger partial charge in [-0.25, -0.2) is 14.8 Å². The molecule has 3 N–H and O–H groups in total. The number of carbonyl (C=O) groups excluding carboxylic acids is 1. The fourth-order valence-corrected chi connectivity index (χ4v) is 2.20. The highest BCUT2D eigenvalue weighted by Crippen LogP contribution is 2.18. The highest BCUT2D eigenvalue weighted by atomic mass is 16.5. The molecule has 1 aromatic carbocycles. The summed E-state index contributed by atoms with van der Waals surface area (Å²) in [4.78, 5) is 20.1. The predicted molar refractivity (Wildman–Crippen MR) is 88.9 cm³/mol. The van der Waals surface area contributed by atoms with Crippen LogP contribution >= 0.6 is 0 Å². The summed E-state index contributed by atoms with van der Waals surface area (Å²) in [6.07, 6.45) is 2.13. The van der Waals surface area contributed by atoms with Crippen molar-refractivity contribution in [3.8, 4) is 5.75 Å². The molecule has 2 aromatic rings. The number of aliphatic hydroxyl groups excluding tert-OH is 1. The zero-order valence-corrected chi connectivity index (χ0v) is 13.7. The number of anilines is 1. The summed E-state index contributed by atoms with van der Waals surface area (Å²) in [5.41, 5.74) is 2.38. The number of aromatic hydroxyl groups is 1. The molecule has 0 aliphatic carbocycles. The van der Waals surface area contributed by atoms with Gasteiger partial charge in [0.05, 0.1) is 24.5 Å². The first kappa shape index (κ1) is 17.7. The zero-order chi connectivity index (χ0) is 17.5. The van der Waals surface area contributed by atoms with Crippen molar-refractivity contribution in [2.24, 2.45) is 0 Å². The number of hydrogen-bond acceptors (Lipinski definition) is 7. The van der Waals surface area contributed by atoms with Crippen LogP contribution in [0.3, 0.4) is 0 Å². The number of phenols is 1. The van der Waals surface area contributed by atoms with Gasteiger partial charge in [-0.15, -0.1) is 0 Å². The smallest absolute Gasteiger partial charge is 0.341 e. The zero-order valence-electron chi connectivity index (χ0n) is 13.7. The van der Waals surface area contributed by atoms with Crippen molar-refractivity contribution in [1.29, 1.82) is 0 Å². The molecule has 0 atom stereocenters. The maximum absolute atomic E-state index is 11.7. The molecule has 24 heavy (non-hydrogen) atoms. The van der Waals surface area contributed by atoms with Gasteiger partial charge in [0.15, 0.2) is 0 Å². The number of esters is 1. The van der Waals surface area contributed by atoms with E-state index >= 15 is 0 Å². The molecule has 7 heteroatoms. The maximum atomic E-state index is 11.7. The van der Waals surface area contributed by atoms with Gasteiger partial charge in [0.25, 0.3) is 0 Å². The standard InChI is InChI=1S/C17H21N3O4/c1-3-24-16(23)14-9-19-17(20-11(14)2)18-7-6-12-4-5-15(22)13(8-12)10-21/h4-5,8-9,21-22H,3,6-7,10H2,1-2H3,(H,18,19,20). The van der Waals surface area contributed by atoms with Gasteiger partial charge in [-0.1, -0.05) is 6.07 Å². The van der Waals surface area contributed by atoms with E-state index in [1.807, 2.05) is 0 Å². The van der Waals surface area contributed by atoms with Gasteiger partial charge >= 0.3 is 5.97 Å². The molecule has 0 radical (unpaired) electrons. The molecule has 0 aliphatic rings. The number of ether oxygens (including phenoxy) is 1. The lowest BCUT2D eigenvalue weighted by Gasteiger charge is -2.09. The summed E-state index contributed by atoms with van der Waals surface area (Å²) < 4.78 is 4.94. The summed E-state index contributed by atoms with van der Waals surface area (Å²) in [6, 6.07) is 5.12. The molecule has 7 nitrogen and oxygen atoms in total. The summed E-state index contributed by atoms with van der Waals surface area (Å²) in [7, 11) is 0. The molecule has 0 amide bonds. The van der Waals surface area contributed by atoms with Crippen molar-refractivity contribution in [2.45, 2.75) is 26.9 Å². The van der Waals surface area contributed by atoms with E-state index in [4.69, 9.17) is 9.84 Å². The lowest BCUT2D eigenvalue weighted by Crippen LogP contribution is -2.12. The Morgan fingerprint density at radius 2 is 2.17 bits per heavy atom. The number of aryl methyl sites for hydroxylation is 1. The van der Waals surface area contributed by atoms with Gasteiger partial charge in [0.2, 0.25) is 5.95 Å². The van der Waals surface area contributed by atoms with E-state index in [-0.39, 0.29) is 12.4 Å². The number of aliphatic hydroxyl groups is 1. The Balaban J connectivity index is 1.95. The van der Waals surface area contributed by atoms with E-state index in [0.29, 0.717) is 42.3 Å². The van der Waals surface area contributed by atoms with Crippen molar-refractivity contribution in [3.63, 3.8) is 0 Å². The lowest BCUT2D eigenvalue weighted by atomic mass is 10.1. The minimum atomic E-state index is -0.429. The Morgan fingerprint density at radius 1 is 1.38 bits per heavy atom. The number of nitrogens with zero attached hydrogens (tertiary/aromatic N) is 2. The predicted octanol–water partition coefficient (Wildman–Crippen LogP) is 1.81. The van der Waals surface area contributed by atoms with Crippen molar-refractivity contribution in [3.05, 3.63) is 46.8 Å². The number of hydrogen-bond donors (Lipinski definition) is 3. The summed E-state index contributed by atoms with van der Waals surface area (Å²) >= 11 is 0. The van der Waals surface area contributed by atoms with Gasteiger partial charge in [0.1, 0.15) is 5.75 Å². The normalized spacial score (nSPS) is 10.5. The highest BCUT2D eigenvalue weighted by molar-refractivity contribution is 5.90. The largest absolute Gasteiger partial charge is 0.508 e. The third kappa shape index (κ3) is 4.42. The molecule has 1 aromatic heterocycles. The molecule has 1 heterocycles. The minimum Gasteiger partial charge on any atom is -0.508 e. The number of benzene rings is 1. The maximum Gasteiger partial charge on any atom is 0.341 e. The van der Waals surface area contributed by atoms with Crippen LogP contribution < -0.4 is 5.32 Å². The molecule has 2 rings (SSSR count). The van der Waals surface area contributed by atoms with Crippen LogP contribution in [-0.4, -0.2) is 39.3 Å². The van der Waals surface area contributed by atoms with E-state index < -0.39 is 5.97 Å². The van der Waals surface area contributed by atoms with Crippen molar-refractivity contribution in [2.75, 3.05) is 18.5 Å². The van der Waals surface area contributed by atoms with E-state index in [9.17, 15) is 9.90 Å². The second kappa shape index (κ2) is 8.26. The summed E-state index contributed by atoms with van der Waals surface area (Å²) in [5, 5.41) is 21.8. The Labute approximate surface area is 140 Å². The Bertz CT molecular complexity index is 719. The number of nitrogens with one attached hydrogen (secondary N) is 1. The summed E-state index contributed by atoms with van der Waals surface area (Å²) in [5.74, 6) is 0.0895. The van der Waals surface area contributed by atoms with E-state index in [1.54, 1.807) is 32.0 Å². The number of aromatic nitrogens is 2. The third-order valence-corrected chi connectivity index (χ3v) is 3.49. The molecular formula is C17H21N3O4. The first-order valence-electron chi connectivity index (χ1n) is 7.71. The average molecular weight is 331 g/mol.